The zero-order chi connectivity index (χ0) is 21.3. The number of hydrogen-bond acceptors (Lipinski definition) is 10. The first-order valence-corrected chi connectivity index (χ1v) is 9.84. The Balaban J connectivity index is 1.95. The largest absolute Gasteiger partial charge is 0.504 e. The molecule has 0 radical (unpaired) electrons. The highest BCUT2D eigenvalue weighted by Crippen LogP contribution is 2.39. The van der Waals surface area contributed by atoms with E-state index in [1.807, 2.05) is 0 Å². The van der Waals surface area contributed by atoms with E-state index in [2.05, 4.69) is 20.8 Å². The summed E-state index contributed by atoms with van der Waals surface area (Å²) >= 11 is 1.25. The number of aromatic hydroxyl groups is 1. The summed E-state index contributed by atoms with van der Waals surface area (Å²) in [5, 5.41) is 26.2. The van der Waals surface area contributed by atoms with E-state index in [4.69, 9.17) is 9.47 Å². The second kappa shape index (κ2) is 7.95. The van der Waals surface area contributed by atoms with Crippen LogP contribution >= 0.6 is 11.3 Å². The number of rotatable bonds is 6. The molecule has 0 amide bonds. The molecular weight excluding hydrogens is 410 g/mol. The number of carbonyl (C=O) groups excluding carboxylic acids is 2. The van der Waals surface area contributed by atoms with Crippen LogP contribution in [-0.2, 0) is 9.53 Å². The number of benzene rings is 1. The monoisotopic (exact) mass is 427 g/mol. The van der Waals surface area contributed by atoms with Gasteiger partial charge in [-0.25, -0.2) is 4.79 Å². The molecule has 4 rings (SSSR count). The van der Waals surface area contributed by atoms with Gasteiger partial charge < -0.3 is 19.9 Å². The van der Waals surface area contributed by atoms with Crippen LogP contribution in [0.15, 0.2) is 47.0 Å². The average Bonchev–Trinajstić information content (AvgIpc) is 3.45. The molecule has 0 unspecified atom stereocenters. The van der Waals surface area contributed by atoms with Crippen LogP contribution in [-0.4, -0.2) is 50.8 Å². The van der Waals surface area contributed by atoms with E-state index in [-0.39, 0.29) is 34.5 Å². The summed E-state index contributed by atoms with van der Waals surface area (Å²) in [6, 6.07) is 7.24. The second-order valence-corrected chi connectivity index (χ2v) is 7.17. The van der Waals surface area contributed by atoms with Crippen LogP contribution in [0.4, 0.5) is 5.95 Å². The number of methoxy groups -OCH3 is 1. The number of carbonyl (C=O) groups is 2. The van der Waals surface area contributed by atoms with Crippen LogP contribution in [0.1, 0.15) is 28.2 Å². The third-order valence-corrected chi connectivity index (χ3v) is 5.36. The summed E-state index contributed by atoms with van der Waals surface area (Å²) in [6.45, 7) is 2.13. The number of esters is 1. The Hall–Kier alpha value is -3.73. The Morgan fingerprint density at radius 1 is 1.33 bits per heavy atom. The van der Waals surface area contributed by atoms with Crippen molar-refractivity contribution in [3.05, 3.63) is 57.4 Å². The molecule has 30 heavy (non-hydrogen) atoms. The fourth-order valence-electron chi connectivity index (χ4n) is 3.21. The molecule has 11 heteroatoms. The van der Waals surface area contributed by atoms with Crippen molar-refractivity contribution in [2.45, 2.75) is 13.0 Å². The number of allylic oxidation sites excluding steroid dienone is 1. The predicted octanol–water partition coefficient (Wildman–Crippen LogP) is 2.16. The summed E-state index contributed by atoms with van der Waals surface area (Å²) < 4.78 is 11.8. The first kappa shape index (κ1) is 19.6. The SMILES string of the molecule is CCOc1cc([C@@H]2C(C(=O)c3cccs3)=C(C(=O)OC)Nc3nnnn32)ccc1O. The molecule has 0 aliphatic carbocycles. The van der Waals surface area contributed by atoms with Gasteiger partial charge in [-0.3, -0.25) is 4.79 Å². The van der Waals surface area contributed by atoms with Gasteiger partial charge >= 0.3 is 5.97 Å². The lowest BCUT2D eigenvalue weighted by molar-refractivity contribution is -0.136. The van der Waals surface area contributed by atoms with Gasteiger partial charge in [0.2, 0.25) is 11.7 Å². The summed E-state index contributed by atoms with van der Waals surface area (Å²) in [5.74, 6) is -0.720. The van der Waals surface area contributed by atoms with E-state index in [0.717, 1.165) is 0 Å². The topological polar surface area (TPSA) is 128 Å². The third-order valence-electron chi connectivity index (χ3n) is 4.50. The van der Waals surface area contributed by atoms with Crippen molar-refractivity contribution >= 4 is 29.0 Å². The fourth-order valence-corrected chi connectivity index (χ4v) is 3.89. The molecule has 1 atom stereocenters. The Kier molecular flexibility index (Phi) is 5.19. The highest BCUT2D eigenvalue weighted by atomic mass is 32.1. The van der Waals surface area contributed by atoms with E-state index < -0.39 is 12.0 Å². The van der Waals surface area contributed by atoms with Crippen molar-refractivity contribution in [2.24, 2.45) is 0 Å². The van der Waals surface area contributed by atoms with Gasteiger partial charge in [-0.2, -0.15) is 4.68 Å². The number of anilines is 1. The minimum Gasteiger partial charge on any atom is -0.504 e. The van der Waals surface area contributed by atoms with Gasteiger partial charge in [-0.1, -0.05) is 17.2 Å². The molecule has 10 nitrogen and oxygen atoms in total. The Morgan fingerprint density at radius 2 is 2.17 bits per heavy atom. The minimum atomic E-state index is -0.847. The standard InChI is InChI=1S/C19H17N5O5S/c1-3-29-12-9-10(6-7-11(12)25)16-14(17(26)13-5-4-8-30-13)15(18(27)28-2)20-19-21-22-23-24(16)19/h4-9,16,25H,3H2,1-2H3,(H,20,21,23)/t16-/m1/s1. The van der Waals surface area contributed by atoms with Crippen LogP contribution in [0.25, 0.3) is 0 Å². The Bertz CT molecular complexity index is 1140. The number of ether oxygens (including phenoxy) is 2. The van der Waals surface area contributed by atoms with Gasteiger partial charge in [0.25, 0.3) is 0 Å². The Labute approximate surface area is 174 Å². The molecule has 3 aromatic rings. The zero-order valence-corrected chi connectivity index (χ0v) is 16.8. The number of thiophene rings is 1. The van der Waals surface area contributed by atoms with E-state index in [9.17, 15) is 14.7 Å². The fraction of sp³-hybridized carbons (Fsp3) is 0.211. The minimum absolute atomic E-state index is 0.0465. The lowest BCUT2D eigenvalue weighted by Gasteiger charge is -2.28. The summed E-state index contributed by atoms with van der Waals surface area (Å²) in [4.78, 5) is 26.4. The molecule has 2 aromatic heterocycles. The quantitative estimate of drug-likeness (QED) is 0.449. The summed E-state index contributed by atoms with van der Waals surface area (Å²) in [5.41, 5.74) is 0.624. The van der Waals surface area contributed by atoms with Crippen molar-refractivity contribution in [2.75, 3.05) is 19.0 Å². The van der Waals surface area contributed by atoms with Crippen molar-refractivity contribution in [1.82, 2.24) is 20.2 Å². The van der Waals surface area contributed by atoms with Gasteiger partial charge in [-0.05, 0) is 46.5 Å². The smallest absolute Gasteiger partial charge is 0.355 e. The van der Waals surface area contributed by atoms with Crippen molar-refractivity contribution in [1.29, 1.82) is 0 Å². The number of ketones is 1. The predicted molar refractivity (Wildman–Crippen MR) is 107 cm³/mol. The van der Waals surface area contributed by atoms with Crippen LogP contribution in [0.3, 0.4) is 0 Å². The molecule has 1 aliphatic rings. The molecule has 0 saturated heterocycles. The third kappa shape index (κ3) is 3.28. The van der Waals surface area contributed by atoms with Crippen molar-refractivity contribution in [3.63, 3.8) is 0 Å². The van der Waals surface area contributed by atoms with E-state index in [1.165, 1.54) is 29.2 Å². The van der Waals surface area contributed by atoms with Crippen molar-refractivity contribution < 1.29 is 24.2 Å². The molecule has 0 saturated carbocycles. The number of Topliss-reactive ketones (excluding diaryl/α,β-unsaturated/α-hetero) is 1. The molecule has 154 valence electrons. The molecule has 0 spiro atoms. The number of aromatic nitrogens is 4. The van der Waals surface area contributed by atoms with E-state index in [1.54, 1.807) is 36.6 Å². The van der Waals surface area contributed by atoms with Crippen LogP contribution < -0.4 is 10.1 Å². The van der Waals surface area contributed by atoms with Gasteiger partial charge in [0, 0.05) is 0 Å². The number of fused-ring (bicyclic) bond motifs is 1. The highest BCUT2D eigenvalue weighted by Gasteiger charge is 2.39. The van der Waals surface area contributed by atoms with Gasteiger partial charge in [0.05, 0.1) is 24.2 Å². The molecular formula is C19H17N5O5S. The molecule has 0 fully saturated rings. The number of phenols is 1. The van der Waals surface area contributed by atoms with Crippen LogP contribution in [0, 0.1) is 0 Å². The Morgan fingerprint density at radius 3 is 2.87 bits per heavy atom. The number of tetrazole rings is 1. The molecule has 0 bridgehead atoms. The maximum Gasteiger partial charge on any atom is 0.355 e. The maximum atomic E-state index is 13.4. The number of phenolic OH excluding ortho intramolecular Hbond substituents is 1. The number of hydrogen-bond donors (Lipinski definition) is 2. The van der Waals surface area contributed by atoms with Gasteiger partial charge in [0.1, 0.15) is 11.7 Å². The van der Waals surface area contributed by atoms with Gasteiger partial charge in [-0.15, -0.1) is 11.3 Å². The second-order valence-electron chi connectivity index (χ2n) is 6.22. The lowest BCUT2D eigenvalue weighted by Crippen LogP contribution is -2.32. The normalized spacial score (nSPS) is 15.3. The number of nitrogens with one attached hydrogen (secondary N) is 1. The first-order chi connectivity index (χ1) is 14.5. The molecule has 1 aliphatic heterocycles. The molecule has 3 heterocycles. The lowest BCUT2D eigenvalue weighted by atomic mass is 9.91. The van der Waals surface area contributed by atoms with E-state index in [0.29, 0.717) is 17.0 Å². The molecule has 2 N–H and O–H groups in total. The van der Waals surface area contributed by atoms with E-state index >= 15 is 0 Å². The average molecular weight is 427 g/mol. The number of nitrogens with zero attached hydrogens (tertiary/aromatic N) is 4. The molecule has 1 aromatic carbocycles. The van der Waals surface area contributed by atoms with Crippen LogP contribution in [0.2, 0.25) is 0 Å². The summed E-state index contributed by atoms with van der Waals surface area (Å²) in [7, 11) is 1.23. The zero-order valence-electron chi connectivity index (χ0n) is 16.0. The van der Waals surface area contributed by atoms with Crippen molar-refractivity contribution in [3.8, 4) is 11.5 Å². The summed E-state index contributed by atoms with van der Waals surface area (Å²) in [6.07, 6.45) is 0. The maximum absolute atomic E-state index is 13.4. The van der Waals surface area contributed by atoms with Gasteiger partial charge in [0.15, 0.2) is 11.5 Å². The first-order valence-electron chi connectivity index (χ1n) is 8.96. The van der Waals surface area contributed by atoms with Crippen LogP contribution in [0.5, 0.6) is 11.5 Å². The highest BCUT2D eigenvalue weighted by molar-refractivity contribution is 7.12.